The normalized spacial score (nSPS) is 10.7. The quantitative estimate of drug-likeness (QED) is 0.817. The lowest BCUT2D eigenvalue weighted by molar-refractivity contribution is 0.438. The molecular formula is C15H16FNO. The molecule has 0 unspecified atom stereocenters. The van der Waals surface area contributed by atoms with E-state index in [2.05, 4.69) is 13.8 Å². The summed E-state index contributed by atoms with van der Waals surface area (Å²) in [4.78, 5) is 0. The number of benzene rings is 2. The standard InChI is InChI=1S/C15H16FNO/c1-10(2)11-6-3-4-9-14(11)18-15-12(16)7-5-8-13(15)17/h3-10H,17H2,1-2H3. The Morgan fingerprint density at radius 1 is 1.06 bits per heavy atom. The maximum Gasteiger partial charge on any atom is 0.185 e. The van der Waals surface area contributed by atoms with Crippen molar-refractivity contribution in [2.75, 3.05) is 5.73 Å². The number of anilines is 1. The van der Waals surface area contributed by atoms with Gasteiger partial charge in [-0.05, 0) is 29.7 Å². The minimum absolute atomic E-state index is 0.0885. The number of hydrogen-bond donors (Lipinski definition) is 1. The van der Waals surface area contributed by atoms with E-state index in [0.717, 1.165) is 5.56 Å². The molecule has 0 aliphatic heterocycles. The van der Waals surface area contributed by atoms with Gasteiger partial charge in [-0.25, -0.2) is 4.39 Å². The minimum atomic E-state index is -0.450. The molecule has 2 nitrogen and oxygen atoms in total. The lowest BCUT2D eigenvalue weighted by Gasteiger charge is -2.15. The van der Waals surface area contributed by atoms with Gasteiger partial charge in [-0.15, -0.1) is 0 Å². The molecule has 0 aliphatic carbocycles. The first-order chi connectivity index (χ1) is 8.59. The van der Waals surface area contributed by atoms with Gasteiger partial charge in [0.1, 0.15) is 5.75 Å². The van der Waals surface area contributed by atoms with Crippen LogP contribution in [-0.4, -0.2) is 0 Å². The fourth-order valence-electron chi connectivity index (χ4n) is 1.79. The number of para-hydroxylation sites is 2. The second-order valence-corrected chi connectivity index (χ2v) is 4.45. The van der Waals surface area contributed by atoms with Crippen LogP contribution in [-0.2, 0) is 0 Å². The minimum Gasteiger partial charge on any atom is -0.452 e. The third-order valence-electron chi connectivity index (χ3n) is 2.75. The van der Waals surface area contributed by atoms with Gasteiger partial charge in [-0.1, -0.05) is 38.1 Å². The number of ether oxygens (including phenoxy) is 1. The Bertz CT molecular complexity index is 532. The molecule has 0 amide bonds. The number of rotatable bonds is 3. The molecule has 2 aromatic carbocycles. The molecule has 2 rings (SSSR count). The smallest absolute Gasteiger partial charge is 0.185 e. The van der Waals surface area contributed by atoms with E-state index >= 15 is 0 Å². The highest BCUT2D eigenvalue weighted by atomic mass is 19.1. The van der Waals surface area contributed by atoms with Gasteiger partial charge in [0.05, 0.1) is 5.69 Å². The van der Waals surface area contributed by atoms with E-state index in [9.17, 15) is 4.39 Å². The molecule has 0 fully saturated rings. The van der Waals surface area contributed by atoms with Crippen molar-refractivity contribution in [1.82, 2.24) is 0 Å². The second kappa shape index (κ2) is 5.08. The predicted molar refractivity (Wildman–Crippen MR) is 71.4 cm³/mol. The molecule has 0 radical (unpaired) electrons. The van der Waals surface area contributed by atoms with Gasteiger partial charge in [-0.3, -0.25) is 0 Å². The second-order valence-electron chi connectivity index (χ2n) is 4.45. The maximum atomic E-state index is 13.7. The molecule has 0 spiro atoms. The van der Waals surface area contributed by atoms with Gasteiger partial charge in [0.15, 0.2) is 11.6 Å². The summed E-state index contributed by atoms with van der Waals surface area (Å²) in [6, 6.07) is 12.1. The van der Waals surface area contributed by atoms with Crippen LogP contribution in [0.5, 0.6) is 11.5 Å². The van der Waals surface area contributed by atoms with E-state index in [1.807, 2.05) is 24.3 Å². The monoisotopic (exact) mass is 245 g/mol. The van der Waals surface area contributed by atoms with E-state index < -0.39 is 5.82 Å². The van der Waals surface area contributed by atoms with Crippen LogP contribution in [0, 0.1) is 5.82 Å². The van der Waals surface area contributed by atoms with Crippen molar-refractivity contribution in [2.45, 2.75) is 19.8 Å². The van der Waals surface area contributed by atoms with Crippen molar-refractivity contribution in [3.8, 4) is 11.5 Å². The lowest BCUT2D eigenvalue weighted by Crippen LogP contribution is -1.98. The SMILES string of the molecule is CC(C)c1ccccc1Oc1c(N)cccc1F. The van der Waals surface area contributed by atoms with E-state index in [-0.39, 0.29) is 5.75 Å². The summed E-state index contributed by atoms with van der Waals surface area (Å²) in [5.74, 6) is 0.581. The zero-order chi connectivity index (χ0) is 13.1. The predicted octanol–water partition coefficient (Wildman–Crippen LogP) is 4.32. The summed E-state index contributed by atoms with van der Waals surface area (Å²) < 4.78 is 19.3. The summed E-state index contributed by atoms with van der Waals surface area (Å²) >= 11 is 0. The number of hydrogen-bond acceptors (Lipinski definition) is 2. The van der Waals surface area contributed by atoms with Crippen LogP contribution in [0.15, 0.2) is 42.5 Å². The van der Waals surface area contributed by atoms with Crippen molar-refractivity contribution in [3.63, 3.8) is 0 Å². The molecule has 0 heterocycles. The van der Waals surface area contributed by atoms with Crippen LogP contribution < -0.4 is 10.5 Å². The van der Waals surface area contributed by atoms with Gasteiger partial charge >= 0.3 is 0 Å². The Morgan fingerprint density at radius 3 is 2.44 bits per heavy atom. The van der Waals surface area contributed by atoms with Gasteiger partial charge in [0.2, 0.25) is 0 Å². The van der Waals surface area contributed by atoms with E-state index in [1.165, 1.54) is 6.07 Å². The topological polar surface area (TPSA) is 35.2 Å². The van der Waals surface area contributed by atoms with Crippen LogP contribution in [0.3, 0.4) is 0 Å². The molecule has 0 atom stereocenters. The summed E-state index contributed by atoms with van der Waals surface area (Å²) in [6.45, 7) is 4.12. The molecule has 2 N–H and O–H groups in total. The summed E-state index contributed by atoms with van der Waals surface area (Å²) in [7, 11) is 0. The number of halogens is 1. The van der Waals surface area contributed by atoms with E-state index in [4.69, 9.17) is 10.5 Å². The van der Waals surface area contributed by atoms with E-state index in [1.54, 1.807) is 12.1 Å². The fourth-order valence-corrected chi connectivity index (χ4v) is 1.79. The van der Waals surface area contributed by atoms with Crippen molar-refractivity contribution in [3.05, 3.63) is 53.8 Å². The molecule has 2 aromatic rings. The molecule has 3 heteroatoms. The van der Waals surface area contributed by atoms with Crippen LogP contribution in [0.1, 0.15) is 25.3 Å². The Morgan fingerprint density at radius 2 is 1.78 bits per heavy atom. The third kappa shape index (κ3) is 2.45. The van der Waals surface area contributed by atoms with Gasteiger partial charge in [-0.2, -0.15) is 0 Å². The van der Waals surface area contributed by atoms with Crippen molar-refractivity contribution >= 4 is 5.69 Å². The summed E-state index contributed by atoms with van der Waals surface area (Å²) in [5.41, 5.74) is 7.06. The van der Waals surface area contributed by atoms with Crippen LogP contribution in [0.25, 0.3) is 0 Å². The summed E-state index contributed by atoms with van der Waals surface area (Å²) in [6.07, 6.45) is 0. The van der Waals surface area contributed by atoms with Gasteiger partial charge in [0.25, 0.3) is 0 Å². The zero-order valence-electron chi connectivity index (χ0n) is 10.5. The highest BCUT2D eigenvalue weighted by molar-refractivity contribution is 5.55. The Hall–Kier alpha value is -2.03. The van der Waals surface area contributed by atoms with Gasteiger partial charge < -0.3 is 10.5 Å². The molecule has 18 heavy (non-hydrogen) atoms. The number of nitrogens with two attached hydrogens (primary N) is 1. The highest BCUT2D eigenvalue weighted by Gasteiger charge is 2.12. The largest absolute Gasteiger partial charge is 0.452 e. The molecule has 0 aliphatic rings. The third-order valence-corrected chi connectivity index (χ3v) is 2.75. The number of nitrogen functional groups attached to an aromatic ring is 1. The first-order valence-corrected chi connectivity index (χ1v) is 5.90. The van der Waals surface area contributed by atoms with Crippen LogP contribution in [0.2, 0.25) is 0 Å². The molecular weight excluding hydrogens is 229 g/mol. The summed E-state index contributed by atoms with van der Waals surface area (Å²) in [5, 5.41) is 0. The average molecular weight is 245 g/mol. The van der Waals surface area contributed by atoms with Crippen molar-refractivity contribution in [1.29, 1.82) is 0 Å². The Kier molecular flexibility index (Phi) is 3.51. The molecule has 0 aromatic heterocycles. The molecule has 0 saturated heterocycles. The Labute approximate surface area is 106 Å². The first kappa shape index (κ1) is 12.4. The Balaban J connectivity index is 2.40. The molecule has 0 saturated carbocycles. The molecule has 0 bridgehead atoms. The average Bonchev–Trinajstić information content (AvgIpc) is 2.34. The zero-order valence-corrected chi connectivity index (χ0v) is 10.5. The molecule has 94 valence electrons. The van der Waals surface area contributed by atoms with Crippen molar-refractivity contribution < 1.29 is 9.13 Å². The maximum absolute atomic E-state index is 13.7. The van der Waals surface area contributed by atoms with Crippen LogP contribution in [0.4, 0.5) is 10.1 Å². The van der Waals surface area contributed by atoms with Crippen LogP contribution >= 0.6 is 0 Å². The van der Waals surface area contributed by atoms with E-state index in [0.29, 0.717) is 17.4 Å². The van der Waals surface area contributed by atoms with Gasteiger partial charge in [0, 0.05) is 0 Å². The lowest BCUT2D eigenvalue weighted by atomic mass is 10.0. The highest BCUT2D eigenvalue weighted by Crippen LogP contribution is 2.34. The fraction of sp³-hybridized carbons (Fsp3) is 0.200. The van der Waals surface area contributed by atoms with Crippen molar-refractivity contribution in [2.24, 2.45) is 0 Å². The first-order valence-electron chi connectivity index (χ1n) is 5.90.